The number of nitrogens with one attached hydrogen (secondary N) is 1. The molecule has 34 heavy (non-hydrogen) atoms. The molecule has 8 nitrogen and oxygen atoms in total. The van der Waals surface area contributed by atoms with Crippen LogP contribution in [0.1, 0.15) is 37.7 Å². The standard InChI is InChI=1S/C26H32N4O4/c1-3-33-14-15-34-19-9-5-8-18-21(19)22-23-20(16-6-4-7-17(16)24(22)27-18)25(31)30(26(23)32)29-12-10-28(2)11-13-29/h5,8-9,22-23,27H,3-4,6-7,10-15H2,1-2H3. The van der Waals surface area contributed by atoms with Crippen molar-refractivity contribution in [2.45, 2.75) is 32.1 Å². The quantitative estimate of drug-likeness (QED) is 0.512. The van der Waals surface area contributed by atoms with Crippen LogP contribution in [-0.2, 0) is 14.3 Å². The van der Waals surface area contributed by atoms with E-state index in [4.69, 9.17) is 9.47 Å². The Hall–Kier alpha value is -2.68. The molecule has 8 heteroatoms. The summed E-state index contributed by atoms with van der Waals surface area (Å²) in [6, 6.07) is 5.99. The summed E-state index contributed by atoms with van der Waals surface area (Å²) in [5, 5.41) is 7.05. The lowest BCUT2D eigenvalue weighted by atomic mass is 9.74. The molecule has 1 saturated carbocycles. The van der Waals surface area contributed by atoms with E-state index in [0.717, 1.165) is 66.2 Å². The van der Waals surface area contributed by atoms with Gasteiger partial charge in [0.05, 0.1) is 12.5 Å². The van der Waals surface area contributed by atoms with Gasteiger partial charge in [-0.25, -0.2) is 10.0 Å². The molecule has 3 heterocycles. The van der Waals surface area contributed by atoms with Gasteiger partial charge >= 0.3 is 0 Å². The van der Waals surface area contributed by atoms with E-state index in [1.165, 1.54) is 10.6 Å². The smallest absolute Gasteiger partial charge is 0.272 e. The van der Waals surface area contributed by atoms with Crippen molar-refractivity contribution in [3.05, 3.63) is 46.2 Å². The van der Waals surface area contributed by atoms with E-state index < -0.39 is 5.92 Å². The minimum Gasteiger partial charge on any atom is -0.491 e. The second-order valence-corrected chi connectivity index (χ2v) is 9.69. The summed E-state index contributed by atoms with van der Waals surface area (Å²) in [6.07, 6.45) is 2.82. The van der Waals surface area contributed by atoms with Gasteiger partial charge in [0.25, 0.3) is 11.8 Å². The van der Waals surface area contributed by atoms with Crippen molar-refractivity contribution in [1.29, 1.82) is 0 Å². The van der Waals surface area contributed by atoms with Crippen LogP contribution in [0.5, 0.6) is 5.75 Å². The average Bonchev–Trinajstić information content (AvgIpc) is 3.52. The molecule has 2 atom stereocenters. The van der Waals surface area contributed by atoms with Crippen LogP contribution in [0.3, 0.4) is 0 Å². The number of hydrogen-bond acceptors (Lipinski definition) is 7. The molecular formula is C26H32N4O4. The zero-order valence-corrected chi connectivity index (χ0v) is 19.9. The molecule has 2 amide bonds. The number of benzene rings is 1. The van der Waals surface area contributed by atoms with E-state index in [1.54, 1.807) is 0 Å². The number of allylic oxidation sites excluding steroid dienone is 3. The van der Waals surface area contributed by atoms with Gasteiger partial charge in [0.2, 0.25) is 0 Å². The lowest BCUT2D eigenvalue weighted by molar-refractivity contribution is -0.160. The normalized spacial score (nSPS) is 26.6. The summed E-state index contributed by atoms with van der Waals surface area (Å²) in [4.78, 5) is 30.0. The number of anilines is 1. The summed E-state index contributed by atoms with van der Waals surface area (Å²) in [5.41, 5.74) is 6.13. The highest BCUT2D eigenvalue weighted by atomic mass is 16.5. The molecule has 2 aliphatic carbocycles. The molecule has 3 aliphatic heterocycles. The first-order valence-corrected chi connectivity index (χ1v) is 12.5. The number of likely N-dealkylation sites (N-methyl/N-ethyl adjacent to an activating group) is 1. The van der Waals surface area contributed by atoms with E-state index in [0.29, 0.717) is 32.9 Å². The number of ether oxygens (including phenoxy) is 2. The molecule has 1 aromatic carbocycles. The van der Waals surface area contributed by atoms with E-state index >= 15 is 0 Å². The second kappa shape index (κ2) is 8.52. The fourth-order valence-corrected chi connectivity index (χ4v) is 6.25. The summed E-state index contributed by atoms with van der Waals surface area (Å²) >= 11 is 0. The number of hydrogen-bond donors (Lipinski definition) is 1. The molecule has 2 unspecified atom stereocenters. The number of amides is 2. The molecule has 0 spiro atoms. The molecule has 5 aliphatic rings. The van der Waals surface area contributed by atoms with Crippen molar-refractivity contribution in [2.75, 3.05) is 58.4 Å². The highest BCUT2D eigenvalue weighted by Crippen LogP contribution is 2.59. The average molecular weight is 465 g/mol. The van der Waals surface area contributed by atoms with Gasteiger partial charge in [-0.05, 0) is 56.5 Å². The summed E-state index contributed by atoms with van der Waals surface area (Å²) in [7, 11) is 2.07. The van der Waals surface area contributed by atoms with Crippen LogP contribution in [0.2, 0.25) is 0 Å². The number of fused-ring (bicyclic) bond motifs is 6. The van der Waals surface area contributed by atoms with E-state index in [2.05, 4.69) is 17.3 Å². The van der Waals surface area contributed by atoms with E-state index in [-0.39, 0.29) is 17.7 Å². The zero-order chi connectivity index (χ0) is 23.4. The van der Waals surface area contributed by atoms with Gasteiger partial charge in [0.1, 0.15) is 12.4 Å². The van der Waals surface area contributed by atoms with Gasteiger partial charge < -0.3 is 19.7 Å². The maximum Gasteiger partial charge on any atom is 0.272 e. The third-order valence-corrected chi connectivity index (χ3v) is 7.82. The topological polar surface area (TPSA) is 74.4 Å². The van der Waals surface area contributed by atoms with Gasteiger partial charge in [-0.1, -0.05) is 6.07 Å². The number of piperazine rings is 1. The Labute approximate surface area is 200 Å². The molecule has 6 rings (SSSR count). The van der Waals surface area contributed by atoms with Gasteiger partial charge in [0, 0.05) is 61.2 Å². The highest BCUT2D eigenvalue weighted by Gasteiger charge is 2.57. The van der Waals surface area contributed by atoms with Crippen molar-refractivity contribution in [1.82, 2.24) is 14.9 Å². The Morgan fingerprint density at radius 2 is 1.82 bits per heavy atom. The number of rotatable bonds is 6. The molecular weight excluding hydrogens is 432 g/mol. The molecule has 180 valence electrons. The number of carbonyl (C=O) groups is 2. The van der Waals surface area contributed by atoms with Gasteiger partial charge in [-0.3, -0.25) is 9.59 Å². The Bertz CT molecular complexity index is 1100. The number of imide groups is 1. The Kier molecular flexibility index (Phi) is 5.47. The van der Waals surface area contributed by atoms with Crippen molar-refractivity contribution >= 4 is 17.5 Å². The minimum absolute atomic E-state index is 0.0933. The van der Waals surface area contributed by atoms with Crippen LogP contribution in [-0.4, -0.2) is 79.8 Å². The minimum atomic E-state index is -0.496. The summed E-state index contributed by atoms with van der Waals surface area (Å²) < 4.78 is 11.6. The van der Waals surface area contributed by atoms with Gasteiger partial charge in [0.15, 0.2) is 0 Å². The first-order chi connectivity index (χ1) is 16.6. The molecule has 0 aromatic heterocycles. The Morgan fingerprint density at radius 1 is 1.03 bits per heavy atom. The fourth-order valence-electron chi connectivity index (χ4n) is 6.25. The highest BCUT2D eigenvalue weighted by molar-refractivity contribution is 6.16. The van der Waals surface area contributed by atoms with E-state index in [1.807, 2.05) is 30.1 Å². The zero-order valence-electron chi connectivity index (χ0n) is 19.9. The molecule has 3 fully saturated rings. The van der Waals surface area contributed by atoms with Crippen LogP contribution < -0.4 is 10.1 Å². The van der Waals surface area contributed by atoms with Crippen LogP contribution in [0.15, 0.2) is 40.6 Å². The number of carbonyl (C=O) groups excluding carboxylic acids is 2. The SMILES string of the molecule is CCOCCOc1cccc2c1C1C(=C3CCCC3=C3C(=O)N(N4CCN(C)CC4)C(=O)C31)N2. The van der Waals surface area contributed by atoms with Gasteiger partial charge in [-0.2, -0.15) is 0 Å². The predicted octanol–water partition coefficient (Wildman–Crippen LogP) is 2.51. The maximum atomic E-state index is 14.0. The maximum absolute atomic E-state index is 14.0. The molecule has 0 radical (unpaired) electrons. The van der Waals surface area contributed by atoms with Crippen LogP contribution in [0.25, 0.3) is 0 Å². The largest absolute Gasteiger partial charge is 0.491 e. The first kappa shape index (κ1) is 21.8. The third-order valence-electron chi connectivity index (χ3n) is 7.82. The van der Waals surface area contributed by atoms with Crippen LogP contribution in [0.4, 0.5) is 5.69 Å². The Morgan fingerprint density at radius 3 is 2.62 bits per heavy atom. The third kappa shape index (κ3) is 3.23. The van der Waals surface area contributed by atoms with Crippen LogP contribution >= 0.6 is 0 Å². The summed E-state index contributed by atoms with van der Waals surface area (Å²) in [5.74, 6) is -0.145. The second-order valence-electron chi connectivity index (χ2n) is 9.69. The van der Waals surface area contributed by atoms with E-state index in [9.17, 15) is 9.59 Å². The van der Waals surface area contributed by atoms with Gasteiger partial charge in [-0.15, -0.1) is 0 Å². The molecule has 0 bridgehead atoms. The lowest BCUT2D eigenvalue weighted by Gasteiger charge is -2.36. The molecule has 1 N–H and O–H groups in total. The van der Waals surface area contributed by atoms with Crippen molar-refractivity contribution in [3.8, 4) is 5.75 Å². The van der Waals surface area contributed by atoms with Crippen molar-refractivity contribution in [2.24, 2.45) is 5.92 Å². The fraction of sp³-hybridized carbons (Fsp3) is 0.538. The van der Waals surface area contributed by atoms with Crippen LogP contribution in [0, 0.1) is 5.92 Å². The van der Waals surface area contributed by atoms with Crippen molar-refractivity contribution in [3.63, 3.8) is 0 Å². The number of nitrogens with zero attached hydrogens (tertiary/aromatic N) is 3. The summed E-state index contributed by atoms with van der Waals surface area (Å²) in [6.45, 7) is 6.62. The first-order valence-electron chi connectivity index (χ1n) is 12.5. The molecule has 2 saturated heterocycles. The lowest BCUT2D eigenvalue weighted by Crippen LogP contribution is -2.55. The molecule has 1 aromatic rings. The monoisotopic (exact) mass is 464 g/mol. The number of hydrazine groups is 1. The Balaban J connectivity index is 1.40. The predicted molar refractivity (Wildman–Crippen MR) is 127 cm³/mol. The van der Waals surface area contributed by atoms with Crippen molar-refractivity contribution < 1.29 is 19.1 Å².